The summed E-state index contributed by atoms with van der Waals surface area (Å²) in [6, 6.07) is 37.9. The van der Waals surface area contributed by atoms with Gasteiger partial charge in [-0.25, -0.2) is 0 Å². The first-order valence-electron chi connectivity index (χ1n) is 20.0. The van der Waals surface area contributed by atoms with Gasteiger partial charge in [0.2, 0.25) is 11.8 Å². The number of non-ortho nitro benzene ring substituents is 1. The van der Waals surface area contributed by atoms with Gasteiger partial charge in [-0.3, -0.25) is 24.6 Å². The highest BCUT2D eigenvalue weighted by molar-refractivity contribution is 5.94. The number of aliphatic hydroxyl groups excluding tert-OH is 1. The van der Waals surface area contributed by atoms with E-state index in [9.17, 15) is 24.8 Å². The Morgan fingerprint density at radius 2 is 1.49 bits per heavy atom. The van der Waals surface area contributed by atoms with E-state index in [0.29, 0.717) is 30.8 Å². The van der Waals surface area contributed by atoms with E-state index in [2.05, 4.69) is 32.6 Å². The summed E-state index contributed by atoms with van der Waals surface area (Å²) in [4.78, 5) is 40.4. The number of nitrogens with zero attached hydrogens (tertiary/aromatic N) is 3. The van der Waals surface area contributed by atoms with Gasteiger partial charge in [-0.1, -0.05) is 72.8 Å². The van der Waals surface area contributed by atoms with Crippen molar-refractivity contribution in [3.8, 4) is 11.1 Å². The van der Waals surface area contributed by atoms with E-state index >= 15 is 0 Å². The number of hydrogen-bond acceptors (Lipinski definition) is 10. The minimum absolute atomic E-state index is 0.0292. The van der Waals surface area contributed by atoms with Crippen molar-refractivity contribution in [1.82, 2.24) is 10.2 Å². The number of nitrogens with one attached hydrogen (secondary N) is 2. The first-order chi connectivity index (χ1) is 28.7. The van der Waals surface area contributed by atoms with Crippen LogP contribution in [0.5, 0.6) is 0 Å². The summed E-state index contributed by atoms with van der Waals surface area (Å²) in [6.07, 6.45) is 0.567. The highest BCUT2D eigenvalue weighted by atomic mass is 16.7. The molecular formula is C46H50N6O7. The van der Waals surface area contributed by atoms with E-state index in [1.807, 2.05) is 72.8 Å². The number of nitrogens with two attached hydrogens (primary N) is 1. The number of hydrogen-bond donors (Lipinski definition) is 4. The predicted octanol–water partition coefficient (Wildman–Crippen LogP) is 7.13. The van der Waals surface area contributed by atoms with Crippen LogP contribution in [0.15, 0.2) is 121 Å². The number of rotatable bonds is 15. The van der Waals surface area contributed by atoms with E-state index in [1.165, 1.54) is 0 Å². The Bertz CT molecular complexity index is 2210. The highest BCUT2D eigenvalue weighted by Gasteiger charge is 2.34. The van der Waals surface area contributed by atoms with Crippen LogP contribution in [0, 0.1) is 10.1 Å². The normalized spacial score (nSPS) is 18.3. The van der Waals surface area contributed by atoms with Gasteiger partial charge in [-0.05, 0) is 70.6 Å². The third kappa shape index (κ3) is 11.1. The topological polar surface area (TPSA) is 173 Å². The molecule has 3 atom stereocenters. The van der Waals surface area contributed by atoms with E-state index in [1.54, 1.807) is 36.4 Å². The molecule has 2 aliphatic heterocycles. The number of amides is 2. The maximum Gasteiger partial charge on any atom is 0.269 e. The average molecular weight is 799 g/mol. The molecule has 0 radical (unpaired) electrons. The van der Waals surface area contributed by atoms with Gasteiger partial charge in [0.05, 0.1) is 35.1 Å². The first-order valence-corrected chi connectivity index (χ1v) is 20.0. The fourth-order valence-electron chi connectivity index (χ4n) is 7.54. The average Bonchev–Trinajstić information content (AvgIpc) is 3.27. The zero-order valence-corrected chi connectivity index (χ0v) is 32.9. The molecule has 5 aromatic carbocycles. The van der Waals surface area contributed by atoms with Crippen LogP contribution in [0.25, 0.3) is 11.1 Å². The molecule has 0 bridgehead atoms. The van der Waals surface area contributed by atoms with Crippen LogP contribution in [0.3, 0.4) is 0 Å². The highest BCUT2D eigenvalue weighted by Crippen LogP contribution is 2.39. The number of nitro groups is 1. The molecule has 0 spiro atoms. The van der Waals surface area contributed by atoms with Gasteiger partial charge < -0.3 is 35.8 Å². The monoisotopic (exact) mass is 798 g/mol. The zero-order valence-electron chi connectivity index (χ0n) is 32.9. The van der Waals surface area contributed by atoms with Crippen molar-refractivity contribution in [2.24, 2.45) is 0 Å². The standard InChI is InChI=1S/C46H50N6O7/c47-41-10-1-2-11-42(41)49-45(55)13-5-12-44(54)48-29-33-6-3-7-35(26-33)36-8-4-9-37(27-36)46-58-40(28-43(59-46)34-16-14-32(31-53)15-17-34)30-50-22-24-51(25-23-50)38-18-20-39(21-19-38)52(56)57/h1-4,6-11,14-21,26-27,40,43,46,53H,5,12-13,22-25,28-31,47H2,(H,48,54)(H,49,55)/t40-,43+,46+/m0/s1. The molecule has 5 N–H and O–H groups in total. The Balaban J connectivity index is 0.969. The quantitative estimate of drug-likeness (QED) is 0.0485. The molecule has 0 aromatic heterocycles. The van der Waals surface area contributed by atoms with Crippen molar-refractivity contribution in [1.29, 1.82) is 0 Å². The van der Waals surface area contributed by atoms with Crippen LogP contribution in [0.4, 0.5) is 22.7 Å². The van der Waals surface area contributed by atoms with Crippen molar-refractivity contribution in [2.75, 3.05) is 48.7 Å². The number of piperazine rings is 1. The van der Waals surface area contributed by atoms with Crippen molar-refractivity contribution >= 4 is 34.6 Å². The Hall–Kier alpha value is -6.12. The maximum absolute atomic E-state index is 12.7. The second kappa shape index (κ2) is 19.6. The molecule has 59 heavy (non-hydrogen) atoms. The number of nitrogen functional groups attached to an aromatic ring is 1. The fraction of sp³-hybridized carbons (Fsp3) is 0.304. The number of nitro benzene ring substituents is 1. The molecule has 306 valence electrons. The van der Waals surface area contributed by atoms with Crippen molar-refractivity contribution in [3.63, 3.8) is 0 Å². The smallest absolute Gasteiger partial charge is 0.269 e. The number of anilines is 3. The molecule has 2 fully saturated rings. The number of carbonyl (C=O) groups excluding carboxylic acids is 2. The number of benzene rings is 5. The second-order valence-electron chi connectivity index (χ2n) is 15.0. The van der Waals surface area contributed by atoms with Gasteiger partial charge in [0.1, 0.15) is 0 Å². The summed E-state index contributed by atoms with van der Waals surface area (Å²) in [5, 5.41) is 26.5. The summed E-state index contributed by atoms with van der Waals surface area (Å²) in [6.45, 7) is 4.30. The summed E-state index contributed by atoms with van der Waals surface area (Å²) in [5.41, 5.74) is 13.7. The van der Waals surface area contributed by atoms with Gasteiger partial charge in [-0.2, -0.15) is 0 Å². The van der Waals surface area contributed by atoms with Gasteiger partial charge in [0.15, 0.2) is 6.29 Å². The predicted molar refractivity (Wildman–Crippen MR) is 227 cm³/mol. The number of para-hydroxylation sites is 2. The second-order valence-corrected chi connectivity index (χ2v) is 15.0. The molecule has 2 aliphatic rings. The Kier molecular flexibility index (Phi) is 13.6. The molecule has 2 heterocycles. The molecule has 7 rings (SSSR count). The molecule has 13 nitrogen and oxygen atoms in total. The van der Waals surface area contributed by atoms with Gasteiger partial charge in [0.25, 0.3) is 5.69 Å². The van der Waals surface area contributed by atoms with Crippen LogP contribution in [-0.4, -0.2) is 65.6 Å². The number of ether oxygens (including phenoxy) is 2. The summed E-state index contributed by atoms with van der Waals surface area (Å²) < 4.78 is 13.4. The van der Waals surface area contributed by atoms with E-state index in [0.717, 1.165) is 71.8 Å². The van der Waals surface area contributed by atoms with E-state index < -0.39 is 6.29 Å². The minimum atomic E-state index is -0.618. The lowest BCUT2D eigenvalue weighted by Gasteiger charge is -2.41. The summed E-state index contributed by atoms with van der Waals surface area (Å²) in [5.74, 6) is -0.313. The third-order valence-corrected chi connectivity index (χ3v) is 10.8. The van der Waals surface area contributed by atoms with Gasteiger partial charge >= 0.3 is 0 Å². The zero-order chi connectivity index (χ0) is 41.1. The minimum Gasteiger partial charge on any atom is -0.397 e. The molecule has 0 aliphatic carbocycles. The van der Waals surface area contributed by atoms with Crippen LogP contribution in [0.2, 0.25) is 0 Å². The van der Waals surface area contributed by atoms with Crippen LogP contribution in [0.1, 0.15) is 60.3 Å². The lowest BCUT2D eigenvalue weighted by atomic mass is 9.98. The van der Waals surface area contributed by atoms with Crippen molar-refractivity contribution < 1.29 is 29.1 Å². The summed E-state index contributed by atoms with van der Waals surface area (Å²) >= 11 is 0. The summed E-state index contributed by atoms with van der Waals surface area (Å²) in [7, 11) is 0. The van der Waals surface area contributed by atoms with Gasteiger partial charge in [-0.15, -0.1) is 0 Å². The molecular weight excluding hydrogens is 749 g/mol. The Morgan fingerprint density at radius 1 is 0.780 bits per heavy atom. The van der Waals surface area contributed by atoms with E-state index in [4.69, 9.17) is 15.2 Å². The SMILES string of the molecule is Nc1ccccc1NC(=O)CCCC(=O)NCc1cccc(-c2cccc([C@@H]3O[C@H](CN4CCN(c5ccc([N+](=O)[O-])cc5)CC4)C[C@H](c4ccc(CO)cc4)O3)c2)c1. The van der Waals surface area contributed by atoms with E-state index in [-0.39, 0.29) is 54.1 Å². The molecule has 0 unspecified atom stereocenters. The molecule has 0 saturated carbocycles. The lowest BCUT2D eigenvalue weighted by Crippen LogP contribution is -2.49. The fourth-order valence-corrected chi connectivity index (χ4v) is 7.54. The van der Waals surface area contributed by atoms with Crippen molar-refractivity contribution in [2.45, 2.75) is 57.3 Å². The molecule has 2 saturated heterocycles. The molecule has 5 aromatic rings. The Labute approximate surface area is 343 Å². The molecule has 2 amide bonds. The van der Waals surface area contributed by atoms with Gasteiger partial charge in [0, 0.05) is 81.9 Å². The van der Waals surface area contributed by atoms with Crippen LogP contribution < -0.4 is 21.3 Å². The van der Waals surface area contributed by atoms with Crippen LogP contribution in [-0.2, 0) is 32.2 Å². The number of aliphatic hydroxyl groups is 1. The lowest BCUT2D eigenvalue weighted by molar-refractivity contribution is -0.384. The van der Waals surface area contributed by atoms with Crippen LogP contribution >= 0.6 is 0 Å². The molecule has 13 heteroatoms. The Morgan fingerprint density at radius 3 is 2.22 bits per heavy atom. The maximum atomic E-state index is 12.7. The first kappa shape index (κ1) is 41.1. The number of carbonyl (C=O) groups is 2. The third-order valence-electron chi connectivity index (χ3n) is 10.8. The van der Waals surface area contributed by atoms with Crippen molar-refractivity contribution in [3.05, 3.63) is 154 Å². The largest absolute Gasteiger partial charge is 0.397 e.